The molecule has 2 heterocycles. The quantitative estimate of drug-likeness (QED) is 0.506. The van der Waals surface area contributed by atoms with E-state index in [2.05, 4.69) is 21.8 Å². The molecule has 0 aromatic carbocycles. The molecule has 0 radical (unpaired) electrons. The van der Waals surface area contributed by atoms with E-state index in [0.717, 1.165) is 25.8 Å². The predicted octanol–water partition coefficient (Wildman–Crippen LogP) is 2.26. The number of guanidine groups is 1. The molecule has 3 rings (SSSR count). The fraction of sp³-hybridized carbons (Fsp3) is 0.647. The summed E-state index contributed by atoms with van der Waals surface area (Å²) in [6, 6.07) is 2.53. The third kappa shape index (κ3) is 4.47. The van der Waals surface area contributed by atoms with E-state index >= 15 is 0 Å². The molecule has 1 amide bonds. The lowest BCUT2D eigenvalue weighted by Crippen LogP contribution is -2.41. The number of carbonyl (C=O) groups excluding carboxylic acids is 1. The molecule has 5 nitrogen and oxygen atoms in total. The summed E-state index contributed by atoms with van der Waals surface area (Å²) in [7, 11) is 0. The summed E-state index contributed by atoms with van der Waals surface area (Å²) in [6.07, 6.45) is 8.38. The van der Waals surface area contributed by atoms with E-state index in [1.807, 2.05) is 4.90 Å². The fourth-order valence-electron chi connectivity index (χ4n) is 3.39. The van der Waals surface area contributed by atoms with Crippen molar-refractivity contribution < 1.29 is 4.79 Å². The minimum Gasteiger partial charge on any atom is -0.370 e. The maximum Gasteiger partial charge on any atom is 0.244 e. The number of rotatable bonds is 3. The summed E-state index contributed by atoms with van der Waals surface area (Å²) in [5.74, 6) is 0.478. The Labute approximate surface area is 142 Å². The van der Waals surface area contributed by atoms with Gasteiger partial charge >= 0.3 is 0 Å². The van der Waals surface area contributed by atoms with Crippen LogP contribution in [-0.2, 0) is 17.8 Å². The van der Waals surface area contributed by atoms with Crippen LogP contribution < -0.4 is 11.1 Å². The molecule has 1 saturated carbocycles. The highest BCUT2D eigenvalue weighted by molar-refractivity contribution is 7.10. The van der Waals surface area contributed by atoms with Crippen molar-refractivity contribution in [1.82, 2.24) is 10.2 Å². The van der Waals surface area contributed by atoms with Gasteiger partial charge in [0.15, 0.2) is 5.96 Å². The van der Waals surface area contributed by atoms with Crippen LogP contribution in [0.1, 0.15) is 49.0 Å². The Hall–Kier alpha value is -1.56. The van der Waals surface area contributed by atoms with Crippen LogP contribution in [0.5, 0.6) is 0 Å². The highest BCUT2D eigenvalue weighted by Gasteiger charge is 2.21. The maximum atomic E-state index is 12.3. The van der Waals surface area contributed by atoms with Crippen LogP contribution in [0, 0.1) is 0 Å². The second-order valence-electron chi connectivity index (χ2n) is 6.47. The average molecular weight is 334 g/mol. The van der Waals surface area contributed by atoms with Gasteiger partial charge in [0, 0.05) is 24.0 Å². The lowest BCUT2D eigenvalue weighted by molar-refractivity contribution is -0.130. The highest BCUT2D eigenvalue weighted by atomic mass is 32.1. The number of hydrogen-bond acceptors (Lipinski definition) is 3. The lowest BCUT2D eigenvalue weighted by atomic mass is 10.1. The van der Waals surface area contributed by atoms with E-state index in [1.165, 1.54) is 36.1 Å². The van der Waals surface area contributed by atoms with Gasteiger partial charge in [-0.25, -0.2) is 4.99 Å². The Balaban J connectivity index is 1.47. The first-order valence-corrected chi connectivity index (χ1v) is 9.50. The van der Waals surface area contributed by atoms with Gasteiger partial charge in [-0.05, 0) is 36.3 Å². The van der Waals surface area contributed by atoms with Crippen molar-refractivity contribution >= 4 is 23.2 Å². The van der Waals surface area contributed by atoms with Crippen molar-refractivity contribution in [2.45, 2.75) is 57.5 Å². The van der Waals surface area contributed by atoms with Crippen molar-refractivity contribution in [3.8, 4) is 0 Å². The largest absolute Gasteiger partial charge is 0.370 e. The molecule has 1 aromatic heterocycles. The lowest BCUT2D eigenvalue weighted by Gasteiger charge is -2.26. The van der Waals surface area contributed by atoms with Gasteiger partial charge in [-0.2, -0.15) is 0 Å². The first kappa shape index (κ1) is 16.3. The average Bonchev–Trinajstić information content (AvgIpc) is 2.88. The summed E-state index contributed by atoms with van der Waals surface area (Å²) < 4.78 is 0. The minimum absolute atomic E-state index is 0.0625. The van der Waals surface area contributed by atoms with Gasteiger partial charge in [-0.15, -0.1) is 11.3 Å². The van der Waals surface area contributed by atoms with E-state index < -0.39 is 0 Å². The molecule has 0 spiro atoms. The van der Waals surface area contributed by atoms with Gasteiger partial charge in [0.05, 0.1) is 0 Å². The van der Waals surface area contributed by atoms with Gasteiger partial charge in [0.25, 0.3) is 0 Å². The van der Waals surface area contributed by atoms with Crippen LogP contribution >= 0.6 is 11.3 Å². The number of nitrogens with two attached hydrogens (primary N) is 1. The minimum atomic E-state index is 0.0625. The molecule has 0 atom stereocenters. The van der Waals surface area contributed by atoms with Crippen LogP contribution in [0.15, 0.2) is 16.4 Å². The topological polar surface area (TPSA) is 70.7 Å². The number of aliphatic imine (C=N–C) groups is 1. The molecule has 1 fully saturated rings. The third-order valence-electron chi connectivity index (χ3n) is 4.75. The van der Waals surface area contributed by atoms with E-state index in [1.54, 1.807) is 11.3 Å². The predicted molar refractivity (Wildman–Crippen MR) is 94.6 cm³/mol. The Kier molecular flexibility index (Phi) is 5.54. The smallest absolute Gasteiger partial charge is 0.244 e. The van der Waals surface area contributed by atoms with Crippen molar-refractivity contribution in [3.63, 3.8) is 0 Å². The van der Waals surface area contributed by atoms with E-state index in [4.69, 9.17) is 5.73 Å². The van der Waals surface area contributed by atoms with Crippen molar-refractivity contribution in [2.75, 3.05) is 13.1 Å². The summed E-state index contributed by atoms with van der Waals surface area (Å²) in [5, 5.41) is 5.39. The van der Waals surface area contributed by atoms with Crippen LogP contribution in [0.3, 0.4) is 0 Å². The zero-order valence-electron chi connectivity index (χ0n) is 13.6. The molecule has 2 aliphatic rings. The van der Waals surface area contributed by atoms with Crippen LogP contribution in [-0.4, -0.2) is 35.9 Å². The Morgan fingerprint density at radius 2 is 2.13 bits per heavy atom. The van der Waals surface area contributed by atoms with Crippen LogP contribution in [0.4, 0.5) is 0 Å². The van der Waals surface area contributed by atoms with Crippen LogP contribution in [0.2, 0.25) is 0 Å². The maximum absolute atomic E-state index is 12.3. The first-order valence-electron chi connectivity index (χ1n) is 8.62. The summed E-state index contributed by atoms with van der Waals surface area (Å²) >= 11 is 1.78. The molecular formula is C17H26N4OS. The van der Waals surface area contributed by atoms with Gasteiger partial charge in [-0.3, -0.25) is 4.79 Å². The van der Waals surface area contributed by atoms with Crippen molar-refractivity contribution in [3.05, 3.63) is 21.9 Å². The molecule has 6 heteroatoms. The number of fused-ring (bicyclic) bond motifs is 1. The number of hydrogen-bond donors (Lipinski definition) is 2. The van der Waals surface area contributed by atoms with Crippen LogP contribution in [0.25, 0.3) is 0 Å². The van der Waals surface area contributed by atoms with Crippen molar-refractivity contribution in [1.29, 1.82) is 0 Å². The highest BCUT2D eigenvalue weighted by Crippen LogP contribution is 2.24. The van der Waals surface area contributed by atoms with E-state index in [0.29, 0.717) is 18.5 Å². The SMILES string of the molecule is NC(=NCC(=O)N1CCc2sccc2C1)NC1CCCCCC1. The number of thiophene rings is 1. The van der Waals surface area contributed by atoms with E-state index in [9.17, 15) is 4.79 Å². The second kappa shape index (κ2) is 7.81. The Morgan fingerprint density at radius 3 is 2.91 bits per heavy atom. The van der Waals surface area contributed by atoms with E-state index in [-0.39, 0.29) is 12.5 Å². The molecular weight excluding hydrogens is 308 g/mol. The first-order chi connectivity index (χ1) is 11.2. The molecule has 3 N–H and O–H groups in total. The molecule has 1 aromatic rings. The molecule has 1 aliphatic carbocycles. The molecule has 0 unspecified atom stereocenters. The summed E-state index contributed by atoms with van der Waals surface area (Å²) in [4.78, 5) is 19.9. The standard InChI is InChI=1S/C17H26N4OS/c18-17(20-14-5-3-1-2-4-6-14)19-11-16(22)21-9-7-15-13(12-21)8-10-23-15/h8,10,14H,1-7,9,11-12H2,(H3,18,19,20). The Bertz CT molecular complexity index is 561. The van der Waals surface area contributed by atoms with Gasteiger partial charge in [0.2, 0.25) is 5.91 Å². The van der Waals surface area contributed by atoms with Crippen molar-refractivity contribution in [2.24, 2.45) is 10.7 Å². The number of nitrogens with one attached hydrogen (secondary N) is 1. The Morgan fingerprint density at radius 1 is 1.35 bits per heavy atom. The number of carbonyl (C=O) groups is 1. The third-order valence-corrected chi connectivity index (χ3v) is 5.78. The number of amides is 1. The van der Waals surface area contributed by atoms with Gasteiger partial charge in [0.1, 0.15) is 6.54 Å². The normalized spacial score (nSPS) is 20.0. The molecule has 0 bridgehead atoms. The summed E-state index contributed by atoms with van der Waals surface area (Å²) in [5.41, 5.74) is 7.24. The zero-order chi connectivity index (χ0) is 16.1. The summed E-state index contributed by atoms with van der Waals surface area (Å²) in [6.45, 7) is 1.64. The molecule has 1 aliphatic heterocycles. The monoisotopic (exact) mass is 334 g/mol. The molecule has 23 heavy (non-hydrogen) atoms. The zero-order valence-corrected chi connectivity index (χ0v) is 14.4. The molecule has 0 saturated heterocycles. The number of nitrogens with zero attached hydrogens (tertiary/aromatic N) is 2. The fourth-order valence-corrected chi connectivity index (χ4v) is 4.28. The van der Waals surface area contributed by atoms with Gasteiger partial charge < -0.3 is 16.0 Å². The second-order valence-corrected chi connectivity index (χ2v) is 7.47. The van der Waals surface area contributed by atoms with Gasteiger partial charge in [-0.1, -0.05) is 25.7 Å². The molecule has 126 valence electrons.